The second kappa shape index (κ2) is 6.98. The van der Waals surface area contributed by atoms with Crippen LogP contribution in [0.15, 0.2) is 42.5 Å². The minimum atomic E-state index is -0.0351. The number of benzene rings is 2. The van der Waals surface area contributed by atoms with Gasteiger partial charge in [-0.25, -0.2) is 0 Å². The molecule has 2 rings (SSSR count). The van der Waals surface area contributed by atoms with Gasteiger partial charge in [-0.15, -0.1) is 0 Å². The maximum Gasteiger partial charge on any atom is 0.120 e. The smallest absolute Gasteiger partial charge is 0.120 e. The van der Waals surface area contributed by atoms with Gasteiger partial charge < -0.3 is 10.1 Å². The van der Waals surface area contributed by atoms with Crippen molar-refractivity contribution in [1.82, 2.24) is 5.32 Å². The molecule has 0 aliphatic rings. The van der Waals surface area contributed by atoms with Gasteiger partial charge in [0.1, 0.15) is 5.75 Å². The van der Waals surface area contributed by atoms with Gasteiger partial charge in [-0.1, -0.05) is 54.4 Å². The molecule has 106 valence electrons. The molecular weight excluding hydrogens is 293 g/mol. The van der Waals surface area contributed by atoms with Crippen LogP contribution in [0.5, 0.6) is 5.75 Å². The third-order valence-electron chi connectivity index (χ3n) is 3.14. The second-order valence-corrected chi connectivity index (χ2v) is 5.21. The van der Waals surface area contributed by atoms with E-state index in [2.05, 4.69) is 12.2 Å². The molecule has 20 heavy (non-hydrogen) atoms. The van der Waals surface area contributed by atoms with Gasteiger partial charge in [0, 0.05) is 10.0 Å². The average Bonchev–Trinajstić information content (AvgIpc) is 2.46. The van der Waals surface area contributed by atoms with E-state index >= 15 is 0 Å². The Hall–Kier alpha value is -1.22. The lowest BCUT2D eigenvalue weighted by molar-refractivity contribution is 0.414. The number of halogens is 2. The van der Waals surface area contributed by atoms with Crippen molar-refractivity contribution in [3.05, 3.63) is 63.6 Å². The number of hydrogen-bond donors (Lipinski definition) is 1. The Balaban J connectivity index is 2.46. The molecular formula is C16H17Cl2NO. The van der Waals surface area contributed by atoms with Crippen molar-refractivity contribution in [1.29, 1.82) is 0 Å². The first-order valence-electron chi connectivity index (χ1n) is 6.48. The molecule has 0 amide bonds. The predicted molar refractivity (Wildman–Crippen MR) is 85.0 cm³/mol. The average molecular weight is 310 g/mol. The minimum absolute atomic E-state index is 0.0351. The van der Waals surface area contributed by atoms with Gasteiger partial charge in [0.25, 0.3) is 0 Å². The summed E-state index contributed by atoms with van der Waals surface area (Å²) in [5.74, 6) is 0.744. The van der Waals surface area contributed by atoms with Gasteiger partial charge in [0.15, 0.2) is 0 Å². The highest BCUT2D eigenvalue weighted by atomic mass is 35.5. The Morgan fingerprint density at radius 3 is 2.35 bits per heavy atom. The first kappa shape index (κ1) is 15.2. The van der Waals surface area contributed by atoms with Crippen LogP contribution in [0.3, 0.4) is 0 Å². The van der Waals surface area contributed by atoms with Crippen LogP contribution in [-0.4, -0.2) is 13.7 Å². The summed E-state index contributed by atoms with van der Waals surface area (Å²) in [7, 11) is 1.63. The largest absolute Gasteiger partial charge is 0.497 e. The number of rotatable bonds is 5. The van der Waals surface area contributed by atoms with Crippen molar-refractivity contribution < 1.29 is 4.74 Å². The Bertz CT molecular complexity index is 586. The van der Waals surface area contributed by atoms with Crippen molar-refractivity contribution in [2.45, 2.75) is 13.0 Å². The molecule has 1 N–H and O–H groups in total. The lowest BCUT2D eigenvalue weighted by Gasteiger charge is -2.21. The highest BCUT2D eigenvalue weighted by Gasteiger charge is 2.18. The lowest BCUT2D eigenvalue weighted by atomic mass is 9.98. The van der Waals surface area contributed by atoms with E-state index in [4.69, 9.17) is 27.9 Å². The third-order valence-corrected chi connectivity index (χ3v) is 3.81. The van der Waals surface area contributed by atoms with Crippen LogP contribution in [-0.2, 0) is 0 Å². The van der Waals surface area contributed by atoms with E-state index in [1.54, 1.807) is 7.11 Å². The van der Waals surface area contributed by atoms with Gasteiger partial charge in [0.05, 0.1) is 13.2 Å². The summed E-state index contributed by atoms with van der Waals surface area (Å²) >= 11 is 12.7. The van der Waals surface area contributed by atoms with Crippen molar-refractivity contribution in [3.63, 3.8) is 0 Å². The maximum atomic E-state index is 6.38. The fourth-order valence-corrected chi connectivity index (χ4v) is 2.69. The molecule has 0 aliphatic heterocycles. The van der Waals surface area contributed by atoms with E-state index < -0.39 is 0 Å². The molecule has 0 saturated heterocycles. The van der Waals surface area contributed by atoms with Crippen LogP contribution in [0.1, 0.15) is 24.1 Å². The summed E-state index contributed by atoms with van der Waals surface area (Å²) < 4.78 is 5.19. The van der Waals surface area contributed by atoms with Crippen molar-refractivity contribution >= 4 is 23.2 Å². The molecule has 0 radical (unpaired) electrons. The van der Waals surface area contributed by atoms with E-state index in [9.17, 15) is 0 Å². The quantitative estimate of drug-likeness (QED) is 0.864. The fraction of sp³-hybridized carbons (Fsp3) is 0.250. The standard InChI is InChI=1S/C16H17Cl2NO/c1-3-19-16(12-6-4-5-7-14(12)17)13-9-8-11(20-2)10-15(13)18/h4-10,16,19H,3H2,1-2H3. The fourth-order valence-electron chi connectivity index (χ4n) is 2.17. The molecule has 0 spiro atoms. The van der Waals surface area contributed by atoms with Gasteiger partial charge in [-0.2, -0.15) is 0 Å². The summed E-state index contributed by atoms with van der Waals surface area (Å²) in [4.78, 5) is 0. The molecule has 0 saturated carbocycles. The number of ether oxygens (including phenoxy) is 1. The molecule has 0 aromatic heterocycles. The van der Waals surface area contributed by atoms with Crippen molar-refractivity contribution in [2.24, 2.45) is 0 Å². The Morgan fingerprint density at radius 1 is 1.05 bits per heavy atom. The molecule has 1 atom stereocenters. The molecule has 0 bridgehead atoms. The number of methoxy groups -OCH3 is 1. The first-order chi connectivity index (χ1) is 9.67. The van der Waals surface area contributed by atoms with Crippen LogP contribution in [0.25, 0.3) is 0 Å². The third kappa shape index (κ3) is 3.26. The van der Waals surface area contributed by atoms with Crippen LogP contribution >= 0.6 is 23.2 Å². The van der Waals surface area contributed by atoms with Crippen molar-refractivity contribution in [2.75, 3.05) is 13.7 Å². The van der Waals surface area contributed by atoms with Gasteiger partial charge in [0.2, 0.25) is 0 Å². The molecule has 2 aromatic rings. The zero-order chi connectivity index (χ0) is 14.5. The van der Waals surface area contributed by atoms with Crippen molar-refractivity contribution in [3.8, 4) is 5.75 Å². The molecule has 0 heterocycles. The second-order valence-electron chi connectivity index (χ2n) is 4.40. The van der Waals surface area contributed by atoms with Crippen LogP contribution < -0.4 is 10.1 Å². The van der Waals surface area contributed by atoms with E-state index in [0.717, 1.165) is 28.4 Å². The molecule has 2 aromatic carbocycles. The summed E-state index contributed by atoms with van der Waals surface area (Å²) in [5.41, 5.74) is 2.01. The lowest BCUT2D eigenvalue weighted by Crippen LogP contribution is -2.22. The van der Waals surface area contributed by atoms with Gasteiger partial charge in [-0.3, -0.25) is 0 Å². The zero-order valence-corrected chi connectivity index (χ0v) is 13.0. The van der Waals surface area contributed by atoms with E-state index in [0.29, 0.717) is 5.02 Å². The Morgan fingerprint density at radius 2 is 1.75 bits per heavy atom. The highest BCUT2D eigenvalue weighted by molar-refractivity contribution is 6.32. The number of hydrogen-bond acceptors (Lipinski definition) is 2. The molecule has 4 heteroatoms. The normalized spacial score (nSPS) is 12.2. The molecule has 2 nitrogen and oxygen atoms in total. The summed E-state index contributed by atoms with van der Waals surface area (Å²) in [6.45, 7) is 2.87. The number of nitrogens with one attached hydrogen (secondary N) is 1. The molecule has 0 aliphatic carbocycles. The van der Waals surface area contributed by atoms with E-state index in [1.807, 2.05) is 42.5 Å². The van der Waals surface area contributed by atoms with E-state index in [1.165, 1.54) is 0 Å². The topological polar surface area (TPSA) is 21.3 Å². The van der Waals surface area contributed by atoms with Crippen LogP contribution in [0, 0.1) is 0 Å². The van der Waals surface area contributed by atoms with Gasteiger partial charge in [-0.05, 0) is 35.9 Å². The molecule has 1 unspecified atom stereocenters. The minimum Gasteiger partial charge on any atom is -0.497 e. The molecule has 0 fully saturated rings. The summed E-state index contributed by atoms with van der Waals surface area (Å²) in [6, 6.07) is 13.5. The summed E-state index contributed by atoms with van der Waals surface area (Å²) in [6.07, 6.45) is 0. The Labute approximate surface area is 129 Å². The Kier molecular flexibility index (Phi) is 5.30. The zero-order valence-electron chi connectivity index (χ0n) is 11.5. The first-order valence-corrected chi connectivity index (χ1v) is 7.24. The highest BCUT2D eigenvalue weighted by Crippen LogP contribution is 2.34. The SMILES string of the molecule is CCNC(c1ccccc1Cl)c1ccc(OC)cc1Cl. The monoisotopic (exact) mass is 309 g/mol. The van der Waals surface area contributed by atoms with Gasteiger partial charge >= 0.3 is 0 Å². The van der Waals surface area contributed by atoms with E-state index in [-0.39, 0.29) is 6.04 Å². The van der Waals surface area contributed by atoms with Crippen LogP contribution in [0.4, 0.5) is 0 Å². The predicted octanol–water partition coefficient (Wildman–Crippen LogP) is 4.70. The summed E-state index contributed by atoms with van der Waals surface area (Å²) in [5, 5.41) is 4.81. The maximum absolute atomic E-state index is 6.38. The van der Waals surface area contributed by atoms with Crippen LogP contribution in [0.2, 0.25) is 10.0 Å².